The monoisotopic (exact) mass is 285 g/mol. The van der Waals surface area contributed by atoms with Gasteiger partial charge < -0.3 is 14.5 Å². The fourth-order valence-electron chi connectivity index (χ4n) is 2.21. The van der Waals surface area contributed by atoms with Gasteiger partial charge in [-0.25, -0.2) is 0 Å². The van der Waals surface area contributed by atoms with Gasteiger partial charge in [-0.05, 0) is 38.0 Å². The molecule has 0 fully saturated rings. The Kier molecular flexibility index (Phi) is 4.58. The number of hydrogen-bond donors (Lipinski definition) is 1. The lowest BCUT2D eigenvalue weighted by atomic mass is 10.0. The highest BCUT2D eigenvalue weighted by molar-refractivity contribution is 5.99. The molecule has 110 valence electrons. The van der Waals surface area contributed by atoms with Gasteiger partial charge in [0.1, 0.15) is 11.4 Å². The molecule has 4 nitrogen and oxygen atoms in total. The summed E-state index contributed by atoms with van der Waals surface area (Å²) in [5.74, 6) is 0.257. The maximum absolute atomic E-state index is 12.0. The van der Waals surface area contributed by atoms with E-state index in [0.29, 0.717) is 30.7 Å². The van der Waals surface area contributed by atoms with Crippen LogP contribution in [0.2, 0.25) is 0 Å². The first-order valence-electron chi connectivity index (χ1n) is 6.93. The van der Waals surface area contributed by atoms with E-state index in [2.05, 4.69) is 11.9 Å². The van der Waals surface area contributed by atoms with E-state index in [9.17, 15) is 9.59 Å². The number of benzene rings is 1. The van der Waals surface area contributed by atoms with Crippen LogP contribution in [-0.2, 0) is 11.2 Å². The summed E-state index contributed by atoms with van der Waals surface area (Å²) >= 11 is 0. The van der Waals surface area contributed by atoms with Crippen molar-refractivity contribution in [2.75, 3.05) is 6.54 Å². The molecule has 0 aliphatic carbocycles. The summed E-state index contributed by atoms with van der Waals surface area (Å²) in [4.78, 5) is 23.1. The summed E-state index contributed by atoms with van der Waals surface area (Å²) in [6.45, 7) is 7.42. The average Bonchev–Trinajstić information content (AvgIpc) is 2.79. The molecule has 4 heteroatoms. The number of nitrogens with one attached hydrogen (secondary N) is 1. The summed E-state index contributed by atoms with van der Waals surface area (Å²) < 4.78 is 5.62. The van der Waals surface area contributed by atoms with Crippen molar-refractivity contribution >= 4 is 22.7 Å². The first-order valence-corrected chi connectivity index (χ1v) is 6.93. The molecular formula is C17H19NO3. The number of fused-ring (bicyclic) bond motifs is 1. The van der Waals surface area contributed by atoms with Crippen LogP contribution < -0.4 is 5.32 Å². The Morgan fingerprint density at radius 1 is 1.38 bits per heavy atom. The molecule has 0 atom stereocenters. The molecule has 0 aliphatic rings. The van der Waals surface area contributed by atoms with E-state index < -0.39 is 0 Å². The number of aryl methyl sites for hydroxylation is 2. The molecule has 1 aromatic heterocycles. The number of furan rings is 1. The zero-order valence-electron chi connectivity index (χ0n) is 12.4. The number of ketones is 1. The highest BCUT2D eigenvalue weighted by Crippen LogP contribution is 2.26. The summed E-state index contributed by atoms with van der Waals surface area (Å²) in [5.41, 5.74) is 2.57. The maximum Gasteiger partial charge on any atom is 0.287 e. The Hall–Kier alpha value is -2.36. The van der Waals surface area contributed by atoms with Crippen LogP contribution >= 0.6 is 0 Å². The second-order valence-corrected chi connectivity index (χ2v) is 5.09. The Labute approximate surface area is 123 Å². The van der Waals surface area contributed by atoms with Gasteiger partial charge in [0.2, 0.25) is 0 Å². The van der Waals surface area contributed by atoms with Gasteiger partial charge in [0.05, 0.1) is 0 Å². The molecule has 0 bridgehead atoms. The number of carbonyl (C=O) groups is 2. The van der Waals surface area contributed by atoms with Crippen LogP contribution in [0.5, 0.6) is 0 Å². The zero-order valence-corrected chi connectivity index (χ0v) is 12.4. The minimum Gasteiger partial charge on any atom is -0.451 e. The van der Waals surface area contributed by atoms with Gasteiger partial charge in [-0.15, -0.1) is 6.58 Å². The molecule has 1 N–H and O–H groups in total. The summed E-state index contributed by atoms with van der Waals surface area (Å²) in [6.07, 6.45) is 2.85. The molecule has 0 spiro atoms. The van der Waals surface area contributed by atoms with Crippen molar-refractivity contribution < 1.29 is 14.0 Å². The van der Waals surface area contributed by atoms with Crippen LogP contribution in [0.3, 0.4) is 0 Å². The second kappa shape index (κ2) is 6.39. The minimum atomic E-state index is -0.242. The lowest BCUT2D eigenvalue weighted by Crippen LogP contribution is -2.23. The normalized spacial score (nSPS) is 10.6. The third kappa shape index (κ3) is 3.40. The SMILES string of the molecule is C=CCNC(=O)c1oc2ccc(CCC(C)=O)cc2c1C. The molecule has 1 aromatic carbocycles. The number of carbonyl (C=O) groups excluding carboxylic acids is 2. The van der Waals surface area contributed by atoms with Crippen LogP contribution in [-0.4, -0.2) is 18.2 Å². The maximum atomic E-state index is 12.0. The molecular weight excluding hydrogens is 266 g/mol. The lowest BCUT2D eigenvalue weighted by molar-refractivity contribution is -0.116. The van der Waals surface area contributed by atoms with Crippen molar-refractivity contribution in [2.45, 2.75) is 26.7 Å². The van der Waals surface area contributed by atoms with Crippen molar-refractivity contribution in [2.24, 2.45) is 0 Å². The average molecular weight is 285 g/mol. The Bertz CT molecular complexity index is 697. The van der Waals surface area contributed by atoms with E-state index in [0.717, 1.165) is 16.5 Å². The van der Waals surface area contributed by atoms with Crippen molar-refractivity contribution in [3.63, 3.8) is 0 Å². The predicted molar refractivity (Wildman–Crippen MR) is 82.5 cm³/mol. The number of hydrogen-bond acceptors (Lipinski definition) is 3. The molecule has 0 saturated heterocycles. The summed E-state index contributed by atoms with van der Waals surface area (Å²) in [5, 5.41) is 3.63. The first-order chi connectivity index (χ1) is 10.0. The van der Waals surface area contributed by atoms with Crippen LogP contribution in [0.1, 0.15) is 35.0 Å². The third-order valence-corrected chi connectivity index (χ3v) is 3.38. The van der Waals surface area contributed by atoms with E-state index in [-0.39, 0.29) is 11.7 Å². The van der Waals surface area contributed by atoms with Crippen LogP contribution in [0.4, 0.5) is 0 Å². The summed E-state index contributed by atoms with van der Waals surface area (Å²) in [7, 11) is 0. The molecule has 0 radical (unpaired) electrons. The van der Waals surface area contributed by atoms with E-state index in [4.69, 9.17) is 4.42 Å². The Balaban J connectivity index is 2.30. The van der Waals surface area contributed by atoms with Gasteiger partial charge in [0.15, 0.2) is 5.76 Å². The summed E-state index contributed by atoms with van der Waals surface area (Å²) in [6, 6.07) is 5.77. The first kappa shape index (κ1) is 15.0. The van der Waals surface area contributed by atoms with E-state index in [1.54, 1.807) is 13.0 Å². The van der Waals surface area contributed by atoms with Crippen molar-refractivity contribution in [3.05, 3.63) is 47.7 Å². The number of amides is 1. The molecule has 2 rings (SSSR count). The fraction of sp³-hybridized carbons (Fsp3) is 0.294. The van der Waals surface area contributed by atoms with E-state index in [1.807, 2.05) is 25.1 Å². The van der Waals surface area contributed by atoms with Crippen LogP contribution in [0, 0.1) is 6.92 Å². The largest absolute Gasteiger partial charge is 0.451 e. The minimum absolute atomic E-state index is 0.170. The van der Waals surface area contributed by atoms with Crippen LogP contribution in [0.15, 0.2) is 35.3 Å². The molecule has 1 heterocycles. The van der Waals surface area contributed by atoms with E-state index >= 15 is 0 Å². The molecule has 0 saturated carbocycles. The predicted octanol–water partition coefficient (Wildman–Crippen LogP) is 3.18. The topological polar surface area (TPSA) is 59.3 Å². The van der Waals surface area contributed by atoms with Gasteiger partial charge in [-0.1, -0.05) is 12.1 Å². The molecule has 1 amide bonds. The van der Waals surface area contributed by atoms with Gasteiger partial charge in [-0.2, -0.15) is 0 Å². The third-order valence-electron chi connectivity index (χ3n) is 3.38. The van der Waals surface area contributed by atoms with E-state index in [1.165, 1.54) is 0 Å². The second-order valence-electron chi connectivity index (χ2n) is 5.09. The van der Waals surface area contributed by atoms with Crippen LogP contribution in [0.25, 0.3) is 11.0 Å². The smallest absolute Gasteiger partial charge is 0.287 e. The van der Waals surface area contributed by atoms with Crippen molar-refractivity contribution in [1.82, 2.24) is 5.32 Å². The van der Waals surface area contributed by atoms with Gasteiger partial charge in [-0.3, -0.25) is 4.79 Å². The van der Waals surface area contributed by atoms with Gasteiger partial charge in [0, 0.05) is 23.9 Å². The number of Topliss-reactive ketones (excluding diaryl/α,β-unsaturated/α-hetero) is 1. The lowest BCUT2D eigenvalue weighted by Gasteiger charge is -2.00. The van der Waals surface area contributed by atoms with Crippen molar-refractivity contribution in [1.29, 1.82) is 0 Å². The molecule has 2 aromatic rings. The Morgan fingerprint density at radius 2 is 2.14 bits per heavy atom. The van der Waals surface area contributed by atoms with Crippen molar-refractivity contribution in [3.8, 4) is 0 Å². The molecule has 21 heavy (non-hydrogen) atoms. The molecule has 0 aliphatic heterocycles. The quantitative estimate of drug-likeness (QED) is 0.829. The Morgan fingerprint density at radius 3 is 2.81 bits per heavy atom. The molecule has 0 unspecified atom stereocenters. The standard InChI is InChI=1S/C17H19NO3/c1-4-9-18-17(20)16-12(3)14-10-13(6-5-11(2)19)7-8-15(14)21-16/h4,7-8,10H,1,5-6,9H2,2-3H3,(H,18,20). The highest BCUT2D eigenvalue weighted by atomic mass is 16.3. The van der Waals surface area contributed by atoms with Gasteiger partial charge in [0.25, 0.3) is 5.91 Å². The van der Waals surface area contributed by atoms with Gasteiger partial charge >= 0.3 is 0 Å². The zero-order chi connectivity index (χ0) is 15.4. The fourth-order valence-corrected chi connectivity index (χ4v) is 2.21. The highest BCUT2D eigenvalue weighted by Gasteiger charge is 2.17. The number of rotatable bonds is 6.